The number of halogens is 1. The monoisotopic (exact) mass is 397 g/mol. The van der Waals surface area contributed by atoms with Crippen molar-refractivity contribution in [3.05, 3.63) is 59.1 Å². The van der Waals surface area contributed by atoms with E-state index in [2.05, 4.69) is 10.6 Å². The van der Waals surface area contributed by atoms with Crippen molar-refractivity contribution in [2.45, 2.75) is 25.3 Å². The lowest BCUT2D eigenvalue weighted by atomic mass is 10.1. The molecule has 1 aliphatic carbocycles. The van der Waals surface area contributed by atoms with Crippen LogP contribution >= 0.6 is 11.6 Å². The van der Waals surface area contributed by atoms with E-state index in [1.165, 1.54) is 0 Å². The fraction of sp³-hybridized carbons (Fsp3) is 0.286. The predicted octanol–water partition coefficient (Wildman–Crippen LogP) is 3.22. The lowest BCUT2D eigenvalue weighted by molar-refractivity contribution is -0.122. The Balaban J connectivity index is 1.41. The molecule has 0 spiro atoms. The summed E-state index contributed by atoms with van der Waals surface area (Å²) in [6.45, 7) is 0.298. The van der Waals surface area contributed by atoms with Crippen LogP contribution in [0.4, 0.5) is 11.4 Å². The van der Waals surface area contributed by atoms with Gasteiger partial charge in [0.05, 0.1) is 5.92 Å². The van der Waals surface area contributed by atoms with Crippen LogP contribution in [0.2, 0.25) is 5.02 Å². The van der Waals surface area contributed by atoms with E-state index in [1.807, 2.05) is 0 Å². The van der Waals surface area contributed by atoms with Crippen LogP contribution in [0.1, 0.15) is 29.6 Å². The molecule has 7 heteroatoms. The normalized spacial score (nSPS) is 18.8. The molecule has 28 heavy (non-hydrogen) atoms. The first-order chi connectivity index (χ1) is 13.5. The molecule has 4 rings (SSSR count). The highest BCUT2D eigenvalue weighted by Gasteiger charge is 2.35. The predicted molar refractivity (Wildman–Crippen MR) is 107 cm³/mol. The summed E-state index contributed by atoms with van der Waals surface area (Å²) in [5.41, 5.74) is 1.74. The molecule has 1 unspecified atom stereocenters. The quantitative estimate of drug-likeness (QED) is 0.813. The Bertz CT molecular complexity index is 942. The first-order valence-electron chi connectivity index (χ1n) is 9.27. The Kier molecular flexibility index (Phi) is 5.05. The van der Waals surface area contributed by atoms with Crippen molar-refractivity contribution in [3.8, 4) is 0 Å². The van der Waals surface area contributed by atoms with E-state index < -0.39 is 5.92 Å². The van der Waals surface area contributed by atoms with E-state index in [0.717, 1.165) is 12.8 Å². The van der Waals surface area contributed by atoms with E-state index in [-0.39, 0.29) is 30.2 Å². The van der Waals surface area contributed by atoms with E-state index in [1.54, 1.807) is 53.4 Å². The van der Waals surface area contributed by atoms with Gasteiger partial charge < -0.3 is 15.5 Å². The lowest BCUT2D eigenvalue weighted by Crippen LogP contribution is -2.28. The van der Waals surface area contributed by atoms with Gasteiger partial charge >= 0.3 is 0 Å². The Morgan fingerprint density at radius 2 is 1.86 bits per heavy atom. The molecule has 1 saturated heterocycles. The van der Waals surface area contributed by atoms with Crippen LogP contribution in [0.15, 0.2) is 48.5 Å². The minimum atomic E-state index is -0.463. The van der Waals surface area contributed by atoms with Crippen LogP contribution in [0.3, 0.4) is 0 Å². The number of benzene rings is 2. The number of hydrogen-bond acceptors (Lipinski definition) is 3. The molecule has 2 fully saturated rings. The number of anilines is 2. The number of nitrogens with one attached hydrogen (secondary N) is 2. The molecular weight excluding hydrogens is 378 g/mol. The molecule has 144 valence electrons. The summed E-state index contributed by atoms with van der Waals surface area (Å²) in [7, 11) is 0. The Morgan fingerprint density at radius 3 is 2.61 bits per heavy atom. The van der Waals surface area contributed by atoms with Gasteiger partial charge in [0.2, 0.25) is 11.8 Å². The Morgan fingerprint density at radius 1 is 1.07 bits per heavy atom. The second-order valence-electron chi connectivity index (χ2n) is 7.20. The van der Waals surface area contributed by atoms with Crippen LogP contribution < -0.4 is 15.5 Å². The van der Waals surface area contributed by atoms with Gasteiger partial charge in [0.15, 0.2) is 0 Å². The average Bonchev–Trinajstić information content (AvgIpc) is 3.40. The van der Waals surface area contributed by atoms with Crippen molar-refractivity contribution >= 4 is 40.7 Å². The second-order valence-corrected chi connectivity index (χ2v) is 7.64. The number of amides is 3. The van der Waals surface area contributed by atoms with Crippen molar-refractivity contribution in [1.29, 1.82) is 0 Å². The standard InChI is InChI=1S/C21H20ClN3O3/c22-15-4-2-6-18(11-15)25-12-14(10-19(25)26)21(28)24-17-5-1-3-13(9-17)20(27)23-16-7-8-16/h1-6,9,11,14,16H,7-8,10,12H2,(H,23,27)(H,24,28). The first kappa shape index (κ1) is 18.5. The summed E-state index contributed by atoms with van der Waals surface area (Å²) in [6, 6.07) is 14.1. The number of carbonyl (C=O) groups excluding carboxylic acids is 3. The van der Waals surface area contributed by atoms with Gasteiger partial charge in [-0.3, -0.25) is 14.4 Å². The maximum absolute atomic E-state index is 12.7. The van der Waals surface area contributed by atoms with E-state index in [0.29, 0.717) is 28.5 Å². The largest absolute Gasteiger partial charge is 0.349 e. The third-order valence-corrected chi connectivity index (χ3v) is 5.16. The fourth-order valence-corrected chi connectivity index (χ4v) is 3.44. The van der Waals surface area contributed by atoms with Gasteiger partial charge in [-0.2, -0.15) is 0 Å². The molecule has 0 aromatic heterocycles. The van der Waals surface area contributed by atoms with Gasteiger partial charge in [0.25, 0.3) is 5.91 Å². The summed E-state index contributed by atoms with van der Waals surface area (Å²) >= 11 is 6.00. The Labute approximate surface area is 167 Å². The Hall–Kier alpha value is -2.86. The molecule has 1 saturated carbocycles. The molecule has 0 bridgehead atoms. The maximum atomic E-state index is 12.7. The zero-order valence-electron chi connectivity index (χ0n) is 15.2. The molecule has 3 amide bonds. The minimum Gasteiger partial charge on any atom is -0.349 e. The molecule has 0 radical (unpaired) electrons. The first-order valence-corrected chi connectivity index (χ1v) is 9.65. The van der Waals surface area contributed by atoms with Gasteiger partial charge in [0.1, 0.15) is 0 Å². The second kappa shape index (κ2) is 7.64. The van der Waals surface area contributed by atoms with Crippen molar-refractivity contribution in [2.24, 2.45) is 5.92 Å². The zero-order chi connectivity index (χ0) is 19.7. The fourth-order valence-electron chi connectivity index (χ4n) is 3.26. The van der Waals surface area contributed by atoms with Crippen LogP contribution in [0, 0.1) is 5.92 Å². The summed E-state index contributed by atoms with van der Waals surface area (Å²) in [4.78, 5) is 38.8. The number of hydrogen-bond donors (Lipinski definition) is 2. The molecule has 2 aliphatic rings. The minimum absolute atomic E-state index is 0.111. The van der Waals surface area contributed by atoms with Gasteiger partial charge in [0, 0.05) is 41.0 Å². The van der Waals surface area contributed by atoms with Gasteiger partial charge in [-0.05, 0) is 49.2 Å². The van der Waals surface area contributed by atoms with Crippen molar-refractivity contribution < 1.29 is 14.4 Å². The molecule has 2 aromatic rings. The summed E-state index contributed by atoms with van der Waals surface area (Å²) in [5.74, 6) is -0.949. The van der Waals surface area contributed by atoms with E-state index in [4.69, 9.17) is 11.6 Å². The van der Waals surface area contributed by atoms with Crippen LogP contribution in [-0.4, -0.2) is 30.3 Å². The summed E-state index contributed by atoms with van der Waals surface area (Å²) in [6.07, 6.45) is 2.17. The number of rotatable bonds is 5. The maximum Gasteiger partial charge on any atom is 0.251 e. The van der Waals surface area contributed by atoms with E-state index >= 15 is 0 Å². The van der Waals surface area contributed by atoms with Crippen LogP contribution in [-0.2, 0) is 9.59 Å². The number of nitrogens with zero attached hydrogens (tertiary/aromatic N) is 1. The van der Waals surface area contributed by atoms with Crippen molar-refractivity contribution in [3.63, 3.8) is 0 Å². The SMILES string of the molecule is O=C(NC1CC1)c1cccc(NC(=O)C2CC(=O)N(c3cccc(Cl)c3)C2)c1. The third kappa shape index (κ3) is 4.17. The number of carbonyl (C=O) groups is 3. The highest BCUT2D eigenvalue weighted by atomic mass is 35.5. The molecule has 1 aliphatic heterocycles. The highest BCUT2D eigenvalue weighted by molar-refractivity contribution is 6.31. The van der Waals surface area contributed by atoms with Crippen molar-refractivity contribution in [1.82, 2.24) is 5.32 Å². The topological polar surface area (TPSA) is 78.5 Å². The molecule has 1 atom stereocenters. The molecule has 2 aromatic carbocycles. The highest BCUT2D eigenvalue weighted by Crippen LogP contribution is 2.28. The van der Waals surface area contributed by atoms with Gasteiger partial charge in [-0.1, -0.05) is 23.7 Å². The molecule has 1 heterocycles. The van der Waals surface area contributed by atoms with Crippen LogP contribution in [0.25, 0.3) is 0 Å². The van der Waals surface area contributed by atoms with Crippen molar-refractivity contribution in [2.75, 3.05) is 16.8 Å². The zero-order valence-corrected chi connectivity index (χ0v) is 15.9. The van der Waals surface area contributed by atoms with Crippen LogP contribution in [0.5, 0.6) is 0 Å². The molecular formula is C21H20ClN3O3. The van der Waals surface area contributed by atoms with E-state index in [9.17, 15) is 14.4 Å². The van der Waals surface area contributed by atoms with Gasteiger partial charge in [-0.25, -0.2) is 0 Å². The smallest absolute Gasteiger partial charge is 0.251 e. The summed E-state index contributed by atoms with van der Waals surface area (Å²) < 4.78 is 0. The molecule has 6 nitrogen and oxygen atoms in total. The lowest BCUT2D eigenvalue weighted by Gasteiger charge is -2.17. The molecule has 2 N–H and O–H groups in total. The average molecular weight is 398 g/mol. The third-order valence-electron chi connectivity index (χ3n) is 4.92. The van der Waals surface area contributed by atoms with Gasteiger partial charge in [-0.15, -0.1) is 0 Å². The summed E-state index contributed by atoms with van der Waals surface area (Å²) in [5, 5.41) is 6.30.